The maximum atomic E-state index is 14.0. The largest absolute Gasteiger partial charge is 0.497 e. The summed E-state index contributed by atoms with van der Waals surface area (Å²) in [5, 5.41) is 0. The van der Waals surface area contributed by atoms with E-state index in [4.69, 9.17) is 20.9 Å². The highest BCUT2D eigenvalue weighted by atomic mass is 19.2. The molecule has 0 radical (unpaired) electrons. The van der Waals surface area contributed by atoms with Crippen molar-refractivity contribution in [2.45, 2.75) is 6.92 Å². The van der Waals surface area contributed by atoms with Gasteiger partial charge in [0.2, 0.25) is 5.78 Å². The third-order valence-electron chi connectivity index (χ3n) is 3.82. The van der Waals surface area contributed by atoms with Crippen LogP contribution < -0.4 is 16.2 Å². The number of benzene rings is 2. The van der Waals surface area contributed by atoms with Gasteiger partial charge in [0, 0.05) is 17.8 Å². The van der Waals surface area contributed by atoms with Gasteiger partial charge in [0.1, 0.15) is 23.0 Å². The van der Waals surface area contributed by atoms with Crippen LogP contribution in [-0.2, 0) is 9.53 Å². The molecular formula is C20H18F3N3O4. The van der Waals surface area contributed by atoms with Gasteiger partial charge in [-0.25, -0.2) is 23.0 Å². The van der Waals surface area contributed by atoms with Crippen LogP contribution in [0.5, 0.6) is 5.75 Å². The molecule has 2 rings (SSSR count). The second kappa shape index (κ2) is 9.59. The predicted octanol–water partition coefficient (Wildman–Crippen LogP) is 2.76. The van der Waals surface area contributed by atoms with Crippen molar-refractivity contribution < 1.29 is 32.2 Å². The Bertz CT molecular complexity index is 1050. The number of ketones is 1. The zero-order valence-electron chi connectivity index (χ0n) is 16.0. The molecule has 0 aliphatic rings. The zero-order valence-corrected chi connectivity index (χ0v) is 16.0. The second-order valence-corrected chi connectivity index (χ2v) is 6.00. The summed E-state index contributed by atoms with van der Waals surface area (Å²) in [5.74, 6) is -5.22. The number of aliphatic imine (C=N–C) groups is 1. The first-order valence-corrected chi connectivity index (χ1v) is 8.43. The van der Waals surface area contributed by atoms with E-state index in [1.54, 1.807) is 0 Å². The number of esters is 1. The fourth-order valence-electron chi connectivity index (χ4n) is 2.35. The molecule has 30 heavy (non-hydrogen) atoms. The third kappa shape index (κ3) is 5.37. The summed E-state index contributed by atoms with van der Waals surface area (Å²) in [7, 11) is 1.34. The first kappa shape index (κ1) is 22.5. The van der Waals surface area contributed by atoms with Crippen LogP contribution >= 0.6 is 0 Å². The number of allylic oxidation sites excluding steroid dienone is 1. The van der Waals surface area contributed by atoms with E-state index >= 15 is 0 Å². The van der Waals surface area contributed by atoms with Gasteiger partial charge in [0.15, 0.2) is 18.2 Å². The molecule has 0 spiro atoms. The molecule has 10 heteroatoms. The highest BCUT2D eigenvalue weighted by Crippen LogP contribution is 2.19. The van der Waals surface area contributed by atoms with E-state index in [2.05, 4.69) is 4.99 Å². The molecule has 158 valence electrons. The summed E-state index contributed by atoms with van der Waals surface area (Å²) in [6, 6.07) is 6.31. The summed E-state index contributed by atoms with van der Waals surface area (Å²) >= 11 is 0. The number of amidine groups is 1. The van der Waals surface area contributed by atoms with Gasteiger partial charge in [0.25, 0.3) is 0 Å². The van der Waals surface area contributed by atoms with Crippen LogP contribution in [0.25, 0.3) is 0 Å². The number of carbonyl (C=O) groups is 2. The number of carbonyl (C=O) groups excluding carboxylic acids is 2. The predicted molar refractivity (Wildman–Crippen MR) is 103 cm³/mol. The Morgan fingerprint density at radius 1 is 1.00 bits per heavy atom. The Kier molecular flexibility index (Phi) is 7.18. The maximum Gasteiger partial charge on any atom is 0.344 e. The second-order valence-electron chi connectivity index (χ2n) is 6.00. The number of rotatable bonds is 7. The van der Waals surface area contributed by atoms with Gasteiger partial charge in [-0.1, -0.05) is 0 Å². The molecule has 2 aromatic carbocycles. The minimum Gasteiger partial charge on any atom is -0.497 e. The van der Waals surface area contributed by atoms with Crippen LogP contribution in [0.3, 0.4) is 0 Å². The van der Waals surface area contributed by atoms with Gasteiger partial charge in [-0.05, 0) is 31.2 Å². The third-order valence-corrected chi connectivity index (χ3v) is 3.82. The van der Waals surface area contributed by atoms with E-state index < -0.39 is 41.6 Å². The molecule has 0 unspecified atom stereocenters. The van der Waals surface area contributed by atoms with Gasteiger partial charge in [-0.15, -0.1) is 0 Å². The number of ether oxygens (including phenoxy) is 2. The van der Waals surface area contributed by atoms with E-state index in [-0.39, 0.29) is 28.3 Å². The van der Waals surface area contributed by atoms with E-state index in [9.17, 15) is 22.8 Å². The van der Waals surface area contributed by atoms with Crippen LogP contribution in [0.1, 0.15) is 17.3 Å². The van der Waals surface area contributed by atoms with Gasteiger partial charge in [-0.2, -0.15) is 0 Å². The van der Waals surface area contributed by atoms with Crippen molar-refractivity contribution in [1.29, 1.82) is 0 Å². The van der Waals surface area contributed by atoms with E-state index in [1.165, 1.54) is 26.2 Å². The average molecular weight is 421 g/mol. The molecule has 0 heterocycles. The van der Waals surface area contributed by atoms with Crippen molar-refractivity contribution in [3.05, 3.63) is 70.7 Å². The summed E-state index contributed by atoms with van der Waals surface area (Å²) in [4.78, 5) is 28.3. The summed E-state index contributed by atoms with van der Waals surface area (Å²) in [6.45, 7) is 0.534. The molecule has 0 amide bonds. The number of nitrogens with two attached hydrogens (primary N) is 2. The number of hydrogen-bond acceptors (Lipinski definition) is 6. The molecule has 0 saturated heterocycles. The van der Waals surface area contributed by atoms with Crippen LogP contribution in [0.15, 0.2) is 52.7 Å². The van der Waals surface area contributed by atoms with Gasteiger partial charge in [-0.3, -0.25) is 4.79 Å². The van der Waals surface area contributed by atoms with Crippen molar-refractivity contribution >= 4 is 23.3 Å². The summed E-state index contributed by atoms with van der Waals surface area (Å²) in [6.07, 6.45) is 0. The fourth-order valence-corrected chi connectivity index (χ4v) is 2.35. The minimum atomic E-state index is -1.16. The van der Waals surface area contributed by atoms with Crippen molar-refractivity contribution in [3.8, 4) is 5.75 Å². The van der Waals surface area contributed by atoms with Crippen molar-refractivity contribution in [2.24, 2.45) is 16.5 Å². The Labute approximate surface area is 169 Å². The van der Waals surface area contributed by atoms with E-state index in [0.717, 1.165) is 24.3 Å². The van der Waals surface area contributed by atoms with Crippen LogP contribution in [-0.4, -0.2) is 31.3 Å². The molecule has 4 N–H and O–H groups in total. The van der Waals surface area contributed by atoms with E-state index in [0.29, 0.717) is 0 Å². The maximum absolute atomic E-state index is 14.0. The Morgan fingerprint density at radius 3 is 2.27 bits per heavy atom. The first-order chi connectivity index (χ1) is 14.1. The standard InChI is InChI=1S/C20H18F3N3O4/c1-10(24)18(19(25)26-11-3-6-14(21)16(23)7-11)20(28)30-9-17(27)13-5-4-12(29-2)8-15(13)22/h3-8H,9,24H2,1-2H3,(H2,25,26)/b18-10+. The lowest BCUT2D eigenvalue weighted by Crippen LogP contribution is -2.27. The molecule has 2 aromatic rings. The Morgan fingerprint density at radius 2 is 1.70 bits per heavy atom. The molecular weight excluding hydrogens is 403 g/mol. The van der Waals surface area contributed by atoms with Crippen LogP contribution in [0, 0.1) is 17.5 Å². The minimum absolute atomic E-state index is 0.0747. The van der Waals surface area contributed by atoms with E-state index in [1.807, 2.05) is 0 Å². The number of Topliss-reactive ketones (excluding diaryl/α,β-unsaturated/α-hetero) is 1. The zero-order chi connectivity index (χ0) is 22.4. The summed E-state index contributed by atoms with van der Waals surface area (Å²) in [5.41, 5.74) is 10.6. The lowest BCUT2D eigenvalue weighted by Gasteiger charge is -2.10. The highest BCUT2D eigenvalue weighted by molar-refractivity contribution is 6.19. The molecule has 0 saturated carbocycles. The van der Waals surface area contributed by atoms with Gasteiger partial charge >= 0.3 is 5.97 Å². The first-order valence-electron chi connectivity index (χ1n) is 8.43. The van der Waals surface area contributed by atoms with Crippen molar-refractivity contribution in [2.75, 3.05) is 13.7 Å². The van der Waals surface area contributed by atoms with Gasteiger partial charge < -0.3 is 20.9 Å². The normalized spacial score (nSPS) is 12.2. The number of hydrogen-bond donors (Lipinski definition) is 2. The monoisotopic (exact) mass is 421 g/mol. The average Bonchev–Trinajstić information content (AvgIpc) is 2.68. The van der Waals surface area contributed by atoms with Gasteiger partial charge in [0.05, 0.1) is 18.4 Å². The molecule has 0 aliphatic carbocycles. The number of nitrogens with zero attached hydrogens (tertiary/aromatic N) is 1. The Hall–Kier alpha value is -3.82. The lowest BCUT2D eigenvalue weighted by molar-refractivity contribution is -0.137. The molecule has 0 fully saturated rings. The Balaban J connectivity index is 2.16. The quantitative estimate of drug-likeness (QED) is 0.233. The molecule has 0 aliphatic heterocycles. The molecule has 0 bridgehead atoms. The van der Waals surface area contributed by atoms with Crippen LogP contribution in [0.4, 0.5) is 18.9 Å². The number of methoxy groups -OCH3 is 1. The molecule has 0 aromatic heterocycles. The molecule has 7 nitrogen and oxygen atoms in total. The van der Waals surface area contributed by atoms with Crippen LogP contribution in [0.2, 0.25) is 0 Å². The SMILES string of the molecule is COc1ccc(C(=O)COC(=O)/C(C(N)=Nc2ccc(F)c(F)c2)=C(\C)N)c(F)c1. The highest BCUT2D eigenvalue weighted by Gasteiger charge is 2.21. The smallest absolute Gasteiger partial charge is 0.344 e. The number of halogens is 3. The topological polar surface area (TPSA) is 117 Å². The lowest BCUT2D eigenvalue weighted by atomic mass is 10.1. The van der Waals surface area contributed by atoms with Crippen molar-refractivity contribution in [1.82, 2.24) is 0 Å². The fraction of sp³-hybridized carbons (Fsp3) is 0.150. The molecule has 0 atom stereocenters. The summed E-state index contributed by atoms with van der Waals surface area (Å²) < 4.78 is 50.0. The van der Waals surface area contributed by atoms with Crippen molar-refractivity contribution in [3.63, 3.8) is 0 Å².